The normalized spacial score (nSPS) is 16.2. The van der Waals surface area contributed by atoms with Crippen molar-refractivity contribution in [3.63, 3.8) is 0 Å². The number of thiazole rings is 1. The van der Waals surface area contributed by atoms with E-state index in [1.807, 2.05) is 36.4 Å². The molecule has 1 fully saturated rings. The lowest BCUT2D eigenvalue weighted by Crippen LogP contribution is -2.48. The Kier molecular flexibility index (Phi) is 8.53. The van der Waals surface area contributed by atoms with Gasteiger partial charge in [0, 0.05) is 57.9 Å². The Morgan fingerprint density at radius 3 is 2.40 bits per heavy atom. The number of hydrogen-bond acceptors (Lipinski definition) is 9. The van der Waals surface area contributed by atoms with Gasteiger partial charge in [0.2, 0.25) is 10.0 Å². The Morgan fingerprint density at radius 2 is 1.67 bits per heavy atom. The summed E-state index contributed by atoms with van der Waals surface area (Å²) in [5, 5.41) is 3.94. The number of carbonyl (C=O) groups is 1. The highest BCUT2D eigenvalue weighted by Crippen LogP contribution is 2.40. The lowest BCUT2D eigenvalue weighted by molar-refractivity contribution is 0.0947. The van der Waals surface area contributed by atoms with Gasteiger partial charge in [0.05, 0.1) is 23.8 Å². The molecule has 0 saturated carbocycles. The zero-order chi connectivity index (χ0) is 30.0. The summed E-state index contributed by atoms with van der Waals surface area (Å²) in [7, 11) is -0.392. The van der Waals surface area contributed by atoms with Crippen LogP contribution in [0.3, 0.4) is 0 Å². The fourth-order valence-electron chi connectivity index (χ4n) is 5.63. The average Bonchev–Trinajstić information content (AvgIpc) is 3.49. The second-order valence-corrected chi connectivity index (χ2v) is 13.6. The van der Waals surface area contributed by atoms with Gasteiger partial charge in [0.1, 0.15) is 5.52 Å². The minimum Gasteiger partial charge on any atom is -0.493 e. The van der Waals surface area contributed by atoms with E-state index in [4.69, 9.17) is 14.5 Å². The molecule has 43 heavy (non-hydrogen) atoms. The van der Waals surface area contributed by atoms with Gasteiger partial charge in [0.15, 0.2) is 16.6 Å². The molecule has 0 unspecified atom stereocenters. The van der Waals surface area contributed by atoms with Crippen molar-refractivity contribution in [3.8, 4) is 11.5 Å². The number of benzene rings is 3. The van der Waals surface area contributed by atoms with Crippen molar-refractivity contribution in [2.75, 3.05) is 64.9 Å². The number of piperazine rings is 1. The zero-order valence-corrected chi connectivity index (χ0v) is 25.9. The summed E-state index contributed by atoms with van der Waals surface area (Å²) in [4.78, 5) is 22.4. The summed E-state index contributed by atoms with van der Waals surface area (Å²) in [6, 6.07) is 18.1. The number of anilines is 1. The highest BCUT2D eigenvalue weighted by Gasteiger charge is 2.28. The van der Waals surface area contributed by atoms with Crippen molar-refractivity contribution in [2.24, 2.45) is 0 Å². The smallest absolute Gasteiger partial charge is 0.251 e. The molecular weight excluding hydrogens is 587 g/mol. The van der Waals surface area contributed by atoms with Crippen LogP contribution >= 0.6 is 11.3 Å². The van der Waals surface area contributed by atoms with Crippen LogP contribution in [-0.2, 0) is 23.0 Å². The van der Waals surface area contributed by atoms with Gasteiger partial charge in [-0.3, -0.25) is 9.69 Å². The Hall–Kier alpha value is -3.71. The van der Waals surface area contributed by atoms with E-state index in [1.54, 1.807) is 37.7 Å². The molecule has 2 aliphatic rings. The second kappa shape index (κ2) is 12.5. The number of fused-ring (bicyclic) bond motifs is 2. The topological polar surface area (TPSA) is 104 Å². The molecule has 0 aliphatic carbocycles. The van der Waals surface area contributed by atoms with E-state index in [-0.39, 0.29) is 10.8 Å². The number of methoxy groups -OCH3 is 2. The molecule has 3 aromatic carbocycles. The summed E-state index contributed by atoms with van der Waals surface area (Å²) in [6.45, 7) is 5.44. The number of sulfonamides is 1. The van der Waals surface area contributed by atoms with Gasteiger partial charge in [-0.05, 0) is 53.9 Å². The molecule has 0 radical (unpaired) electrons. The van der Waals surface area contributed by atoms with Crippen molar-refractivity contribution in [2.45, 2.75) is 17.9 Å². The molecule has 3 heterocycles. The lowest BCUT2D eigenvalue weighted by atomic mass is 10.0. The predicted molar refractivity (Wildman–Crippen MR) is 168 cm³/mol. The molecule has 1 amide bonds. The van der Waals surface area contributed by atoms with E-state index in [1.165, 1.54) is 22.0 Å². The van der Waals surface area contributed by atoms with Crippen LogP contribution in [-0.4, -0.2) is 88.5 Å². The quantitative estimate of drug-likeness (QED) is 0.302. The molecule has 4 aromatic rings. The summed E-state index contributed by atoms with van der Waals surface area (Å²) in [5.74, 6) is 1.11. The van der Waals surface area contributed by atoms with Gasteiger partial charge < -0.3 is 19.7 Å². The number of rotatable bonds is 9. The molecule has 0 atom stereocenters. The monoisotopic (exact) mass is 621 g/mol. The van der Waals surface area contributed by atoms with Crippen LogP contribution in [0.4, 0.5) is 5.13 Å². The maximum Gasteiger partial charge on any atom is 0.251 e. The van der Waals surface area contributed by atoms with Crippen LogP contribution in [0.15, 0.2) is 65.6 Å². The van der Waals surface area contributed by atoms with Crippen molar-refractivity contribution in [3.05, 3.63) is 77.4 Å². The van der Waals surface area contributed by atoms with Gasteiger partial charge in [-0.25, -0.2) is 13.4 Å². The highest BCUT2D eigenvalue weighted by atomic mass is 32.2. The van der Waals surface area contributed by atoms with Gasteiger partial charge in [-0.2, -0.15) is 4.31 Å². The SMILES string of the molecule is COc1ccc2sc(N3CCN(CCNC(=O)c4ccc(S(=O)(=O)N5CCc6ccccc6C5)cc4)CC3)nc2c1OC. The van der Waals surface area contributed by atoms with Crippen molar-refractivity contribution in [1.82, 2.24) is 19.5 Å². The third-order valence-electron chi connectivity index (χ3n) is 8.10. The minimum atomic E-state index is -3.64. The molecule has 1 N–H and O–H groups in total. The Balaban J connectivity index is 0.984. The molecule has 0 bridgehead atoms. The number of carbonyl (C=O) groups excluding carboxylic acids is 1. The summed E-state index contributed by atoms with van der Waals surface area (Å²) >= 11 is 1.64. The predicted octanol–water partition coefficient (Wildman–Crippen LogP) is 3.61. The molecule has 12 heteroatoms. The molecular formula is C31H35N5O5S2. The zero-order valence-electron chi connectivity index (χ0n) is 24.3. The van der Waals surface area contributed by atoms with Crippen LogP contribution in [0.2, 0.25) is 0 Å². The Bertz CT molecular complexity index is 1720. The van der Waals surface area contributed by atoms with Gasteiger partial charge in [-0.1, -0.05) is 35.6 Å². The maximum atomic E-state index is 13.2. The van der Waals surface area contributed by atoms with E-state index < -0.39 is 10.0 Å². The first-order valence-electron chi connectivity index (χ1n) is 14.3. The fourth-order valence-corrected chi connectivity index (χ4v) is 8.06. The molecule has 6 rings (SSSR count). The molecule has 1 aromatic heterocycles. The van der Waals surface area contributed by atoms with Crippen LogP contribution in [0.5, 0.6) is 11.5 Å². The molecule has 0 spiro atoms. The van der Waals surface area contributed by atoms with Crippen molar-refractivity contribution in [1.29, 1.82) is 0 Å². The van der Waals surface area contributed by atoms with Gasteiger partial charge >= 0.3 is 0 Å². The van der Waals surface area contributed by atoms with Gasteiger partial charge in [-0.15, -0.1) is 0 Å². The van der Waals surface area contributed by atoms with Crippen LogP contribution in [0.1, 0.15) is 21.5 Å². The number of aromatic nitrogens is 1. The number of hydrogen-bond donors (Lipinski definition) is 1. The molecule has 1 saturated heterocycles. The number of nitrogens with one attached hydrogen (secondary N) is 1. The lowest BCUT2D eigenvalue weighted by Gasteiger charge is -2.34. The first kappa shape index (κ1) is 29.4. The van der Waals surface area contributed by atoms with E-state index in [9.17, 15) is 13.2 Å². The van der Waals surface area contributed by atoms with Crippen LogP contribution in [0, 0.1) is 0 Å². The first-order chi connectivity index (χ1) is 20.9. The third kappa shape index (κ3) is 6.05. The second-order valence-electron chi connectivity index (χ2n) is 10.6. The van der Waals surface area contributed by atoms with Gasteiger partial charge in [0.25, 0.3) is 5.91 Å². The molecule has 10 nitrogen and oxygen atoms in total. The Morgan fingerprint density at radius 1 is 0.930 bits per heavy atom. The Labute approximate surface area is 255 Å². The van der Waals surface area contributed by atoms with E-state index >= 15 is 0 Å². The summed E-state index contributed by atoms with van der Waals surface area (Å²) < 4.78 is 40.0. The van der Waals surface area contributed by atoms with Crippen molar-refractivity contribution < 1.29 is 22.7 Å². The third-order valence-corrected chi connectivity index (χ3v) is 11.0. The average molecular weight is 622 g/mol. The maximum absolute atomic E-state index is 13.2. The molecule has 226 valence electrons. The van der Waals surface area contributed by atoms with E-state index in [0.29, 0.717) is 43.1 Å². The fraction of sp³-hybridized carbons (Fsp3) is 0.355. The van der Waals surface area contributed by atoms with Crippen LogP contribution in [0.25, 0.3) is 10.2 Å². The number of amides is 1. The number of ether oxygens (including phenoxy) is 2. The number of nitrogens with zero attached hydrogens (tertiary/aromatic N) is 4. The van der Waals surface area contributed by atoms with E-state index in [0.717, 1.165) is 53.6 Å². The van der Waals surface area contributed by atoms with Crippen LogP contribution < -0.4 is 19.7 Å². The molecule has 2 aliphatic heterocycles. The largest absolute Gasteiger partial charge is 0.493 e. The van der Waals surface area contributed by atoms with Crippen molar-refractivity contribution >= 4 is 42.6 Å². The minimum absolute atomic E-state index is 0.201. The summed E-state index contributed by atoms with van der Waals surface area (Å²) in [5.41, 5.74) is 3.48. The first-order valence-corrected chi connectivity index (χ1v) is 16.6. The summed E-state index contributed by atoms with van der Waals surface area (Å²) in [6.07, 6.45) is 0.692. The highest BCUT2D eigenvalue weighted by molar-refractivity contribution is 7.89. The van der Waals surface area contributed by atoms with E-state index in [2.05, 4.69) is 15.1 Å². The standard InChI is InChI=1S/C31H35N5O5S2/c1-40-26-11-12-27-28(29(26)41-2)33-31(42-27)35-19-17-34(18-20-35)16-14-32-30(37)23-7-9-25(10-8-23)43(38,39)36-15-13-22-5-3-4-6-24(22)21-36/h3-12H,13-21H2,1-2H3,(H,32,37).